The molecule has 0 saturated heterocycles. The Balaban J connectivity index is 4.23. The topological polar surface area (TPSA) is 116 Å². The van der Waals surface area contributed by atoms with Gasteiger partial charge in [-0.1, -0.05) is 6.58 Å². The normalized spacial score (nSPS) is 14.7. The molecule has 0 saturated carbocycles. The Morgan fingerprint density at radius 2 is 1.59 bits per heavy atom. The van der Waals surface area contributed by atoms with Crippen LogP contribution >= 0.6 is 0 Å². The van der Waals surface area contributed by atoms with Crippen LogP contribution < -0.4 is 5.32 Å². The summed E-state index contributed by atoms with van der Waals surface area (Å²) in [6.45, 7) is 3.40. The van der Waals surface area contributed by atoms with E-state index in [0.29, 0.717) is 0 Å². The van der Waals surface area contributed by atoms with E-state index in [1.165, 1.54) is 4.90 Å². The molecule has 0 aliphatic carbocycles. The molecule has 0 aliphatic heterocycles. The van der Waals surface area contributed by atoms with Gasteiger partial charge in [0.1, 0.15) is 12.5 Å². The highest BCUT2D eigenvalue weighted by atomic mass is 16.3. The fourth-order valence-electron chi connectivity index (χ4n) is 1.32. The molecule has 2 unspecified atom stereocenters. The van der Waals surface area contributed by atoms with Gasteiger partial charge in [0.25, 0.3) is 0 Å². The molecule has 2 atom stereocenters. The predicted octanol–water partition coefficient (Wildman–Crippen LogP) is -2.60. The molecule has 0 heterocycles. The van der Waals surface area contributed by atoms with Gasteiger partial charge in [-0.05, 0) is 0 Å². The Labute approximate surface area is 101 Å². The Morgan fingerprint density at radius 3 is 2.00 bits per heavy atom. The maximum atomic E-state index is 9.82. The molecule has 0 rings (SSSR count). The van der Waals surface area contributed by atoms with Gasteiger partial charge >= 0.3 is 0 Å². The fraction of sp³-hybridized carbons (Fsp3) is 0.800. The van der Waals surface area contributed by atoms with E-state index >= 15 is 0 Å². The summed E-state index contributed by atoms with van der Waals surface area (Å²) in [4.78, 5) is 1.40. The number of hydrogen-bond acceptors (Lipinski definition) is 7. The first-order chi connectivity index (χ1) is 8.06. The third kappa shape index (κ3) is 6.57. The van der Waals surface area contributed by atoms with Gasteiger partial charge in [-0.15, -0.1) is 0 Å². The van der Waals surface area contributed by atoms with Crippen molar-refractivity contribution in [3.05, 3.63) is 12.3 Å². The zero-order chi connectivity index (χ0) is 13.3. The van der Waals surface area contributed by atoms with Crippen molar-refractivity contribution in [1.29, 1.82) is 0 Å². The van der Waals surface area contributed by atoms with Gasteiger partial charge < -0.3 is 30.8 Å². The van der Waals surface area contributed by atoms with Crippen LogP contribution in [0.1, 0.15) is 6.42 Å². The van der Waals surface area contributed by atoms with Crippen molar-refractivity contribution in [1.82, 2.24) is 10.2 Å². The molecule has 0 amide bonds. The zero-order valence-corrected chi connectivity index (χ0v) is 9.79. The summed E-state index contributed by atoms with van der Waals surface area (Å²) >= 11 is 0. The second kappa shape index (κ2) is 9.34. The number of aliphatic hydroxyl groups is 5. The van der Waals surface area contributed by atoms with E-state index < -0.39 is 12.5 Å². The lowest BCUT2D eigenvalue weighted by atomic mass is 10.3. The summed E-state index contributed by atoms with van der Waals surface area (Å²) < 4.78 is 0. The molecule has 7 nitrogen and oxygen atoms in total. The third-order valence-corrected chi connectivity index (χ3v) is 2.19. The highest BCUT2D eigenvalue weighted by molar-refractivity contribution is 4.99. The van der Waals surface area contributed by atoms with Crippen molar-refractivity contribution in [2.75, 3.05) is 32.9 Å². The zero-order valence-electron chi connectivity index (χ0n) is 9.79. The SMILES string of the molecule is C=C(NC(O)CCO)C(O)N(CCO)CCO. The largest absolute Gasteiger partial charge is 0.396 e. The van der Waals surface area contributed by atoms with Crippen molar-refractivity contribution in [2.45, 2.75) is 18.9 Å². The molecular formula is C10H22N2O5. The van der Waals surface area contributed by atoms with E-state index in [1.807, 2.05) is 0 Å². The number of nitrogens with one attached hydrogen (secondary N) is 1. The van der Waals surface area contributed by atoms with Crippen LogP contribution in [-0.4, -0.2) is 75.8 Å². The third-order valence-electron chi connectivity index (χ3n) is 2.19. The molecule has 0 radical (unpaired) electrons. The molecule has 7 heteroatoms. The molecule has 0 aromatic carbocycles. The lowest BCUT2D eigenvalue weighted by Crippen LogP contribution is -2.45. The fourth-order valence-corrected chi connectivity index (χ4v) is 1.32. The monoisotopic (exact) mass is 250 g/mol. The average molecular weight is 250 g/mol. The molecule has 0 aromatic heterocycles. The maximum Gasteiger partial charge on any atom is 0.147 e. The highest BCUT2D eigenvalue weighted by Crippen LogP contribution is 2.04. The summed E-state index contributed by atoms with van der Waals surface area (Å²) in [5.41, 5.74) is 0.146. The van der Waals surface area contributed by atoms with Gasteiger partial charge in [0.2, 0.25) is 0 Å². The first kappa shape index (κ1) is 16.3. The summed E-state index contributed by atoms with van der Waals surface area (Å²) in [6.07, 6.45) is -2.00. The van der Waals surface area contributed by atoms with Gasteiger partial charge in [-0.3, -0.25) is 4.90 Å². The highest BCUT2D eigenvalue weighted by Gasteiger charge is 2.19. The minimum atomic E-state index is -1.12. The lowest BCUT2D eigenvalue weighted by Gasteiger charge is -2.29. The van der Waals surface area contributed by atoms with E-state index in [0.717, 1.165) is 0 Å². The average Bonchev–Trinajstić information content (AvgIpc) is 2.28. The van der Waals surface area contributed by atoms with Crippen LogP contribution in [0, 0.1) is 0 Å². The Bertz CT molecular complexity index is 209. The number of rotatable bonds is 10. The lowest BCUT2D eigenvalue weighted by molar-refractivity contribution is -0.000706. The molecular weight excluding hydrogens is 228 g/mol. The van der Waals surface area contributed by atoms with Gasteiger partial charge in [-0.2, -0.15) is 0 Å². The molecule has 17 heavy (non-hydrogen) atoms. The Morgan fingerprint density at radius 1 is 1.06 bits per heavy atom. The van der Waals surface area contributed by atoms with Crippen molar-refractivity contribution in [3.8, 4) is 0 Å². The van der Waals surface area contributed by atoms with Crippen molar-refractivity contribution >= 4 is 0 Å². The minimum Gasteiger partial charge on any atom is -0.396 e. The second-order valence-electron chi connectivity index (χ2n) is 3.55. The van der Waals surface area contributed by atoms with E-state index in [-0.39, 0.29) is 45.0 Å². The van der Waals surface area contributed by atoms with Gasteiger partial charge in [0, 0.05) is 31.8 Å². The first-order valence-corrected chi connectivity index (χ1v) is 5.44. The molecule has 6 N–H and O–H groups in total. The van der Waals surface area contributed by atoms with Crippen LogP contribution in [0.4, 0.5) is 0 Å². The first-order valence-electron chi connectivity index (χ1n) is 5.44. The molecule has 102 valence electrons. The van der Waals surface area contributed by atoms with Crippen molar-refractivity contribution in [2.24, 2.45) is 0 Å². The van der Waals surface area contributed by atoms with Crippen LogP contribution in [0.5, 0.6) is 0 Å². The predicted molar refractivity (Wildman–Crippen MR) is 61.7 cm³/mol. The molecule has 0 spiro atoms. The summed E-state index contributed by atoms with van der Waals surface area (Å²) in [5, 5.41) is 47.9. The van der Waals surface area contributed by atoms with Crippen LogP contribution in [0.25, 0.3) is 0 Å². The summed E-state index contributed by atoms with van der Waals surface area (Å²) in [5.74, 6) is 0. The Hall–Kier alpha value is -0.700. The summed E-state index contributed by atoms with van der Waals surface area (Å²) in [7, 11) is 0. The van der Waals surface area contributed by atoms with Gasteiger partial charge in [0.15, 0.2) is 0 Å². The van der Waals surface area contributed by atoms with Crippen LogP contribution in [0.15, 0.2) is 12.3 Å². The second-order valence-corrected chi connectivity index (χ2v) is 3.55. The van der Waals surface area contributed by atoms with E-state index in [4.69, 9.17) is 15.3 Å². The van der Waals surface area contributed by atoms with Crippen molar-refractivity contribution < 1.29 is 25.5 Å². The molecule has 0 aromatic rings. The van der Waals surface area contributed by atoms with Crippen LogP contribution in [-0.2, 0) is 0 Å². The summed E-state index contributed by atoms with van der Waals surface area (Å²) in [6, 6.07) is 0. The van der Waals surface area contributed by atoms with Crippen molar-refractivity contribution in [3.63, 3.8) is 0 Å². The number of aliphatic hydroxyl groups excluding tert-OH is 5. The standard InChI is InChI=1S/C10H22N2O5/c1-8(11-9(16)2-5-13)10(17)12(3-6-14)4-7-15/h9-11,13-17H,1-7H2. The Kier molecular flexibility index (Phi) is 8.96. The quantitative estimate of drug-likeness (QED) is 0.235. The van der Waals surface area contributed by atoms with Gasteiger partial charge in [-0.25, -0.2) is 0 Å². The smallest absolute Gasteiger partial charge is 0.147 e. The minimum absolute atomic E-state index is 0.117. The van der Waals surface area contributed by atoms with E-state index in [9.17, 15) is 10.2 Å². The molecule has 0 aliphatic rings. The number of hydrogen-bond donors (Lipinski definition) is 6. The number of nitrogens with zero attached hydrogens (tertiary/aromatic N) is 1. The van der Waals surface area contributed by atoms with E-state index in [2.05, 4.69) is 11.9 Å². The molecule has 0 bridgehead atoms. The molecule has 0 fully saturated rings. The van der Waals surface area contributed by atoms with Crippen LogP contribution in [0.3, 0.4) is 0 Å². The maximum absolute atomic E-state index is 9.82. The van der Waals surface area contributed by atoms with Crippen LogP contribution in [0.2, 0.25) is 0 Å². The van der Waals surface area contributed by atoms with E-state index in [1.54, 1.807) is 0 Å². The van der Waals surface area contributed by atoms with Gasteiger partial charge in [0.05, 0.1) is 13.2 Å².